The first-order chi connectivity index (χ1) is 14.0. The highest BCUT2D eigenvalue weighted by Gasteiger charge is 2.27. The second kappa shape index (κ2) is 6.89. The number of aromatic amines is 1. The second-order valence-corrected chi connectivity index (χ2v) is 8.45. The molecule has 1 saturated carbocycles. The van der Waals surface area contributed by atoms with Crippen LogP contribution in [0.3, 0.4) is 0 Å². The van der Waals surface area contributed by atoms with Crippen LogP contribution in [0.2, 0.25) is 0 Å². The average molecular weight is 429 g/mol. The number of nitrogens with one attached hydrogen (secondary N) is 2. The molecule has 1 amide bonds. The Labute approximate surface area is 174 Å². The summed E-state index contributed by atoms with van der Waals surface area (Å²) in [6, 6.07) is 8.36. The Balaban J connectivity index is 1.40. The molecule has 2 N–H and O–H groups in total. The normalized spacial score (nSPS) is 13.9. The fourth-order valence-electron chi connectivity index (χ4n) is 3.33. The van der Waals surface area contributed by atoms with E-state index < -0.39 is 0 Å². The number of amides is 1. The maximum Gasteiger partial charge on any atom is 0.261 e. The molecule has 0 unspecified atom stereocenters. The van der Waals surface area contributed by atoms with Crippen molar-refractivity contribution in [2.24, 2.45) is 0 Å². The van der Waals surface area contributed by atoms with Gasteiger partial charge in [-0.1, -0.05) is 0 Å². The summed E-state index contributed by atoms with van der Waals surface area (Å²) in [7, 11) is 0. The average Bonchev–Trinajstić information content (AvgIpc) is 3.20. The van der Waals surface area contributed by atoms with Crippen LogP contribution < -0.4 is 5.32 Å². The Morgan fingerprint density at radius 3 is 2.86 bits per heavy atom. The number of hydrogen-bond acceptors (Lipinski definition) is 5. The van der Waals surface area contributed by atoms with Crippen LogP contribution in [0.25, 0.3) is 15.9 Å². The van der Waals surface area contributed by atoms with E-state index in [0.29, 0.717) is 22.2 Å². The van der Waals surface area contributed by atoms with E-state index in [0.717, 1.165) is 40.3 Å². The summed E-state index contributed by atoms with van der Waals surface area (Å²) in [4.78, 5) is 14.2. The number of thiophene rings is 1. The molecule has 1 aliphatic rings. The monoisotopic (exact) mass is 428 g/mol. The Hall–Kier alpha value is -2.85. The van der Waals surface area contributed by atoms with E-state index in [-0.39, 0.29) is 11.7 Å². The summed E-state index contributed by atoms with van der Waals surface area (Å²) in [5.74, 6) is 0.261. The van der Waals surface area contributed by atoms with Gasteiger partial charge in [-0.3, -0.25) is 14.5 Å². The lowest BCUT2D eigenvalue weighted by Crippen LogP contribution is -2.24. The second-order valence-electron chi connectivity index (χ2n) is 7.03. The van der Waals surface area contributed by atoms with Crippen molar-refractivity contribution in [2.45, 2.75) is 32.4 Å². The van der Waals surface area contributed by atoms with Crippen molar-refractivity contribution >= 4 is 39.7 Å². The smallest absolute Gasteiger partial charge is 0.261 e. The Morgan fingerprint density at radius 2 is 2.14 bits per heavy atom. The first-order valence-electron chi connectivity index (χ1n) is 9.20. The lowest BCUT2D eigenvalue weighted by molar-refractivity contribution is 0.0953. The molecule has 4 aromatic rings. The zero-order valence-corrected chi connectivity index (χ0v) is 17.1. The molecule has 0 atom stereocenters. The number of carbonyl (C=O) groups excluding carboxylic acids is 1. The van der Waals surface area contributed by atoms with E-state index in [9.17, 15) is 9.18 Å². The zero-order chi connectivity index (χ0) is 20.1. The number of carbonyl (C=O) groups is 1. The molecule has 1 fully saturated rings. The number of aryl methyl sites for hydroxylation is 1. The van der Waals surface area contributed by atoms with Crippen LogP contribution in [-0.4, -0.2) is 30.5 Å². The Kier molecular flexibility index (Phi) is 4.32. The third-order valence-corrected chi connectivity index (χ3v) is 6.33. The van der Waals surface area contributed by atoms with E-state index >= 15 is 0 Å². The summed E-state index contributed by atoms with van der Waals surface area (Å²) >= 11 is 6.63. The largest absolute Gasteiger partial charge is 0.344 e. The summed E-state index contributed by atoms with van der Waals surface area (Å²) in [5.41, 5.74) is 1.56. The Bertz CT molecular complexity index is 1280. The fourth-order valence-corrected chi connectivity index (χ4v) is 4.73. The molecule has 0 saturated heterocycles. The summed E-state index contributed by atoms with van der Waals surface area (Å²) in [5, 5.41) is 15.4. The van der Waals surface area contributed by atoms with Gasteiger partial charge >= 0.3 is 0 Å². The SMILES string of the molecule is Cc1nn(-c2ccc(F)cc2)c2sc(C(=O)NCc3n[nH]c(=S)n3C3CC3)cc12. The molecule has 3 aromatic heterocycles. The minimum atomic E-state index is -0.302. The third kappa shape index (κ3) is 3.28. The number of hydrogen-bond donors (Lipinski definition) is 2. The van der Waals surface area contributed by atoms with E-state index in [1.807, 2.05) is 17.6 Å². The molecule has 10 heteroatoms. The van der Waals surface area contributed by atoms with Crippen LogP contribution in [0.4, 0.5) is 4.39 Å². The summed E-state index contributed by atoms with van der Waals surface area (Å²) in [6.45, 7) is 2.20. The number of aromatic nitrogens is 5. The molecular weight excluding hydrogens is 411 g/mol. The van der Waals surface area contributed by atoms with Crippen molar-refractivity contribution in [2.75, 3.05) is 0 Å². The molecule has 7 nitrogen and oxygen atoms in total. The molecule has 0 spiro atoms. The van der Waals surface area contributed by atoms with Crippen LogP contribution in [0, 0.1) is 17.5 Å². The van der Waals surface area contributed by atoms with Gasteiger partial charge in [0, 0.05) is 11.4 Å². The highest BCUT2D eigenvalue weighted by molar-refractivity contribution is 7.71. The predicted molar refractivity (Wildman–Crippen MR) is 110 cm³/mol. The molecule has 148 valence electrons. The van der Waals surface area contributed by atoms with Crippen LogP contribution >= 0.6 is 23.6 Å². The zero-order valence-electron chi connectivity index (χ0n) is 15.5. The number of H-pyrrole nitrogens is 1. The maximum atomic E-state index is 13.2. The maximum absolute atomic E-state index is 13.2. The topological polar surface area (TPSA) is 80.5 Å². The third-order valence-electron chi connectivity index (χ3n) is 4.94. The highest BCUT2D eigenvalue weighted by atomic mass is 32.1. The van der Waals surface area contributed by atoms with Gasteiger partial charge in [-0.05, 0) is 62.3 Å². The van der Waals surface area contributed by atoms with E-state index in [4.69, 9.17) is 12.2 Å². The highest BCUT2D eigenvalue weighted by Crippen LogP contribution is 2.35. The quantitative estimate of drug-likeness (QED) is 0.470. The lowest BCUT2D eigenvalue weighted by Gasteiger charge is -2.06. The van der Waals surface area contributed by atoms with Crippen molar-refractivity contribution in [3.8, 4) is 5.69 Å². The molecule has 3 heterocycles. The molecule has 0 aliphatic heterocycles. The van der Waals surface area contributed by atoms with Gasteiger partial charge in [0.2, 0.25) is 0 Å². The summed E-state index contributed by atoms with van der Waals surface area (Å²) in [6.07, 6.45) is 2.18. The number of nitrogens with zero attached hydrogens (tertiary/aromatic N) is 4. The van der Waals surface area contributed by atoms with Crippen LogP contribution in [0.1, 0.15) is 40.1 Å². The van der Waals surface area contributed by atoms with Gasteiger partial charge in [0.05, 0.1) is 22.8 Å². The molecule has 1 aliphatic carbocycles. The van der Waals surface area contributed by atoms with Crippen molar-refractivity contribution in [1.82, 2.24) is 29.9 Å². The summed E-state index contributed by atoms with van der Waals surface area (Å²) < 4.78 is 17.6. The Morgan fingerprint density at radius 1 is 1.38 bits per heavy atom. The number of rotatable bonds is 5. The van der Waals surface area contributed by atoms with Gasteiger partial charge < -0.3 is 5.32 Å². The molecule has 0 bridgehead atoms. The molecule has 5 rings (SSSR count). The van der Waals surface area contributed by atoms with E-state index in [2.05, 4.69) is 20.6 Å². The fraction of sp³-hybridized carbons (Fsp3) is 0.263. The molecule has 0 radical (unpaired) electrons. The van der Waals surface area contributed by atoms with Crippen molar-refractivity contribution in [1.29, 1.82) is 0 Å². The van der Waals surface area contributed by atoms with Crippen LogP contribution in [0.15, 0.2) is 30.3 Å². The van der Waals surface area contributed by atoms with E-state index in [1.165, 1.54) is 23.5 Å². The first kappa shape index (κ1) is 18.2. The number of halogens is 1. The van der Waals surface area contributed by atoms with Gasteiger partial charge in [-0.25, -0.2) is 9.07 Å². The van der Waals surface area contributed by atoms with Gasteiger partial charge in [0.1, 0.15) is 10.6 Å². The van der Waals surface area contributed by atoms with Crippen LogP contribution in [0.5, 0.6) is 0 Å². The van der Waals surface area contributed by atoms with Crippen molar-refractivity contribution < 1.29 is 9.18 Å². The molecular formula is C19H17FN6OS2. The van der Waals surface area contributed by atoms with Gasteiger partial charge in [-0.15, -0.1) is 11.3 Å². The minimum absolute atomic E-state index is 0.174. The van der Waals surface area contributed by atoms with Gasteiger partial charge in [0.25, 0.3) is 5.91 Å². The lowest BCUT2D eigenvalue weighted by atomic mass is 10.3. The van der Waals surface area contributed by atoms with Crippen molar-refractivity contribution in [3.05, 3.63) is 57.3 Å². The predicted octanol–water partition coefficient (Wildman–Crippen LogP) is 4.05. The van der Waals surface area contributed by atoms with Crippen molar-refractivity contribution in [3.63, 3.8) is 0 Å². The number of fused-ring (bicyclic) bond motifs is 1. The van der Waals surface area contributed by atoms with Gasteiger partial charge in [0.15, 0.2) is 10.6 Å². The van der Waals surface area contributed by atoms with Crippen LogP contribution in [-0.2, 0) is 6.54 Å². The molecule has 1 aromatic carbocycles. The standard InChI is InChI=1S/C19H17FN6OS2/c1-10-14-8-15(29-18(14)26(24-10)13-4-2-11(20)3-5-13)17(27)21-9-16-22-23-19(28)25(16)12-6-7-12/h2-5,8,12H,6-7,9H2,1H3,(H,21,27)(H,23,28). The van der Waals surface area contributed by atoms with E-state index in [1.54, 1.807) is 16.8 Å². The number of benzene rings is 1. The minimum Gasteiger partial charge on any atom is -0.344 e. The van der Waals surface area contributed by atoms with Gasteiger partial charge in [-0.2, -0.15) is 10.2 Å². The first-order valence-corrected chi connectivity index (χ1v) is 10.4. The molecule has 29 heavy (non-hydrogen) atoms.